The molecule has 85 heavy (non-hydrogen) atoms. The van der Waals surface area contributed by atoms with Gasteiger partial charge in [-0.3, -0.25) is 24.4 Å². The number of fused-ring (bicyclic) bond motifs is 5. The molecule has 9 N–H and O–H groups in total. The maximum atomic E-state index is 14.1. The number of amides is 1. The number of phosphoric ester groups is 1. The number of nitro groups is 1. The molecule has 8 atom stereocenters. The Morgan fingerprint density at radius 2 is 1.69 bits per heavy atom. The molecule has 0 aliphatic carbocycles. The number of rotatable bonds is 15. The van der Waals surface area contributed by atoms with Gasteiger partial charge in [0.1, 0.15) is 43.0 Å². The lowest BCUT2D eigenvalue weighted by atomic mass is 9.81. The number of nitrogens with zero attached hydrogens (tertiary/aromatic N) is 7. The summed E-state index contributed by atoms with van der Waals surface area (Å²) in [4.78, 5) is 93.1. The van der Waals surface area contributed by atoms with Crippen molar-refractivity contribution in [3.8, 4) is 23.3 Å². The zero-order chi connectivity index (χ0) is 59.9. The number of nitrogens with two attached hydrogens (primary N) is 1. The number of aliphatic imine (C=N–C) groups is 3. The lowest BCUT2D eigenvalue weighted by Gasteiger charge is -2.39. The second kappa shape index (κ2) is 22.6. The van der Waals surface area contributed by atoms with Crippen molar-refractivity contribution in [3.05, 3.63) is 125 Å². The maximum absolute atomic E-state index is 14.1. The van der Waals surface area contributed by atoms with Gasteiger partial charge in [0.05, 0.1) is 47.2 Å². The Labute approximate surface area is 483 Å². The third kappa shape index (κ3) is 11.6. The molecule has 8 aliphatic heterocycles. The lowest BCUT2D eigenvalue weighted by Crippen LogP contribution is -2.48. The summed E-state index contributed by atoms with van der Waals surface area (Å²) >= 11 is 0. The van der Waals surface area contributed by atoms with Crippen LogP contribution >= 0.6 is 23.5 Å². The smallest absolute Gasteiger partial charge is 0.478 e. The molecular formula is C54H57N9O19P3+. The summed E-state index contributed by atoms with van der Waals surface area (Å²) in [5.41, 5.74) is 14.2. The molecule has 4 aromatic carbocycles. The number of carboxylic acid groups (broad SMARTS) is 1. The fourth-order valence-corrected chi connectivity index (χ4v) is 15.6. The number of aliphatic hydroxyl groups excluding tert-OH is 1. The number of hydrogen-bond acceptors (Lipinski definition) is 20. The number of aromatic carboxylic acids is 1. The highest BCUT2D eigenvalue weighted by Gasteiger charge is 2.48. The molecule has 0 radical (unpaired) electrons. The maximum Gasteiger partial charge on any atom is 0.490 e. The van der Waals surface area contributed by atoms with E-state index in [1.807, 2.05) is 0 Å². The van der Waals surface area contributed by atoms with Crippen LogP contribution in [0.3, 0.4) is 0 Å². The average Bonchev–Trinajstić information content (AvgIpc) is 1.91. The highest BCUT2D eigenvalue weighted by atomic mass is 31.3. The normalized spacial score (nSPS) is 23.4. The minimum Gasteiger partial charge on any atom is -0.478 e. The van der Waals surface area contributed by atoms with Crippen LogP contribution in [0.2, 0.25) is 0 Å². The largest absolute Gasteiger partial charge is 0.490 e. The standard InChI is InChI=1S/C54H56N9O19P3/c1-28(78-52-45-50(58-54(55)59-52)62(27-57-45)43-25-41(64)42(79-43)26-77-84(73,74)82-85(75,76)81-83(70,71)72)33-14-12-29(21-40(33)63(68)69)7-2-16-56-51(65)32-13-15-34(53(66)67)37(24-32)44-38-22-30-8-3-17-60-19-5-10-35(46(30)60)48(38)80-49-36-11-6-20-61-18-4-9-31(47(36)61)23-39(44)49/h12-15,21-24,27-28,41-43,45,50,64H,3-6,8-11,16-20,25-26H2,1H3,(H7-,55,56,58,65,66,67,70,71,72,73,74,75,76)/p+1/t28?,41-,42+,43+,45?,50?/m0/s1. The van der Waals surface area contributed by atoms with Crippen LogP contribution in [-0.2, 0) is 62.0 Å². The molecule has 12 rings (SSSR count). The number of nitro benzene ring substituents is 1. The molecule has 0 bridgehead atoms. The average molecular weight is 1230 g/mol. The number of guanidine groups is 1. The van der Waals surface area contributed by atoms with Crippen molar-refractivity contribution in [3.63, 3.8) is 0 Å². The molecule has 5 unspecified atom stereocenters. The SMILES string of the molecule is CC(OC1=NC(N)=NC2C1N=CN2[C@H]1C[C@H](O)[C@@H](COP(=O)(O)OP(=O)(O)OP(=O)(O)O)O1)c1ccc(C#CCNC(=O)c2ccc(C(=O)O)c(C3=c4cc5c6c(c4Oc4c3cc3c7c4CCCN7CCC3)CCC[N+]=6CCC5)c2)cc1[N+](=O)[O-]. The Hall–Kier alpha value is -7.21. The van der Waals surface area contributed by atoms with Crippen LogP contribution in [0, 0.1) is 22.0 Å². The highest BCUT2D eigenvalue weighted by Crippen LogP contribution is 2.66. The van der Waals surface area contributed by atoms with E-state index in [4.69, 9.17) is 29.7 Å². The molecule has 0 aromatic heterocycles. The van der Waals surface area contributed by atoms with Crippen molar-refractivity contribution in [1.82, 2.24) is 14.8 Å². The number of carbonyl (C=O) groups excluding carboxylic acids is 1. The second-order valence-corrected chi connectivity index (χ2v) is 25.9. The van der Waals surface area contributed by atoms with Gasteiger partial charge in [0.25, 0.3) is 11.6 Å². The van der Waals surface area contributed by atoms with Gasteiger partial charge in [-0.25, -0.2) is 28.1 Å². The first-order valence-corrected chi connectivity index (χ1v) is 31.9. The molecule has 8 heterocycles. The van der Waals surface area contributed by atoms with Crippen LogP contribution in [0.25, 0.3) is 5.57 Å². The first kappa shape index (κ1) is 58.2. The summed E-state index contributed by atoms with van der Waals surface area (Å²) in [6.07, 6.45) is 2.67. The summed E-state index contributed by atoms with van der Waals surface area (Å²) in [6.45, 7) is 4.31. The second-order valence-electron chi connectivity index (χ2n) is 21.5. The number of anilines is 1. The zero-order valence-electron chi connectivity index (χ0n) is 45.3. The van der Waals surface area contributed by atoms with Crippen LogP contribution in [0.5, 0.6) is 11.5 Å². The number of benzene rings is 4. The van der Waals surface area contributed by atoms with Gasteiger partial charge < -0.3 is 64.8 Å². The number of carbonyl (C=O) groups is 2. The van der Waals surface area contributed by atoms with E-state index < -0.39 is 83.6 Å². The van der Waals surface area contributed by atoms with Crippen molar-refractivity contribution in [2.45, 2.75) is 101 Å². The Morgan fingerprint density at radius 1 is 0.941 bits per heavy atom. The third-order valence-electron chi connectivity index (χ3n) is 16.0. The van der Waals surface area contributed by atoms with Gasteiger partial charge in [-0.05, 0) is 99.0 Å². The molecule has 8 aliphatic rings. The summed E-state index contributed by atoms with van der Waals surface area (Å²) in [6, 6.07) is 12.2. The van der Waals surface area contributed by atoms with Crippen molar-refractivity contribution in [1.29, 1.82) is 0 Å². The van der Waals surface area contributed by atoms with Gasteiger partial charge in [0.2, 0.25) is 17.2 Å². The van der Waals surface area contributed by atoms with Crippen molar-refractivity contribution in [2.24, 2.45) is 20.7 Å². The Bertz CT molecular complexity index is 3990. The number of ether oxygens (including phenoxy) is 3. The van der Waals surface area contributed by atoms with E-state index in [2.05, 4.69) is 66.9 Å². The van der Waals surface area contributed by atoms with E-state index in [1.165, 1.54) is 64.6 Å². The minimum atomic E-state index is -5.80. The van der Waals surface area contributed by atoms with E-state index in [0.29, 0.717) is 5.56 Å². The van der Waals surface area contributed by atoms with Crippen LogP contribution in [0.4, 0.5) is 11.4 Å². The van der Waals surface area contributed by atoms with Crippen molar-refractivity contribution in [2.75, 3.05) is 44.2 Å². The number of aryl methyl sites for hydroxylation is 2. The van der Waals surface area contributed by atoms with Gasteiger partial charge >= 0.3 is 29.4 Å². The number of hydrogen-bond donors (Lipinski definition) is 8. The molecule has 0 spiro atoms. The molecular weight excluding hydrogens is 1170 g/mol. The molecule has 4 aromatic rings. The van der Waals surface area contributed by atoms with Crippen molar-refractivity contribution >= 4 is 70.5 Å². The molecule has 1 saturated heterocycles. The third-order valence-corrected chi connectivity index (χ3v) is 19.8. The summed E-state index contributed by atoms with van der Waals surface area (Å²) in [7, 11) is -17.0. The monoisotopic (exact) mass is 1230 g/mol. The van der Waals surface area contributed by atoms with Gasteiger partial charge in [-0.2, -0.15) is 13.6 Å². The van der Waals surface area contributed by atoms with Crippen molar-refractivity contribution < 1.29 is 85.3 Å². The first-order valence-electron chi connectivity index (χ1n) is 27.4. The van der Waals surface area contributed by atoms with E-state index >= 15 is 0 Å². The predicted octanol–water partition coefficient (Wildman–Crippen LogP) is 3.17. The minimum absolute atomic E-state index is 0.0412. The zero-order valence-corrected chi connectivity index (χ0v) is 48.0. The molecule has 446 valence electrons. The van der Waals surface area contributed by atoms with Gasteiger partial charge in [-0.15, -0.1) is 0 Å². The Kier molecular flexibility index (Phi) is 15.5. The molecule has 28 nitrogen and oxygen atoms in total. The summed E-state index contributed by atoms with van der Waals surface area (Å²) in [5, 5.41) is 39.0. The number of carboxylic acids is 1. The van der Waals surface area contributed by atoms with Crippen LogP contribution < -0.4 is 35.8 Å². The quantitative estimate of drug-likeness (QED) is 0.0245. The van der Waals surface area contributed by atoms with E-state index in [0.717, 1.165) is 117 Å². The Morgan fingerprint density at radius 3 is 2.46 bits per heavy atom. The topological polar surface area (TPSA) is 390 Å². The van der Waals surface area contributed by atoms with Crippen LogP contribution in [0.15, 0.2) is 63.5 Å². The number of nitrogens with one attached hydrogen (secondary N) is 1. The van der Waals surface area contributed by atoms with Gasteiger partial charge in [0.15, 0.2) is 12.2 Å². The lowest BCUT2D eigenvalue weighted by molar-refractivity contribution is -0.386. The van der Waals surface area contributed by atoms with E-state index in [9.17, 15) is 53.4 Å². The molecule has 0 saturated carbocycles. The fourth-order valence-electron chi connectivity index (χ4n) is 12.6. The van der Waals surface area contributed by atoms with E-state index in [-0.39, 0.29) is 52.8 Å². The summed E-state index contributed by atoms with van der Waals surface area (Å²) in [5.74, 6) is 5.25. The molecule has 1 fully saturated rings. The van der Waals surface area contributed by atoms with Crippen LogP contribution in [-0.4, -0.2) is 140 Å². The highest BCUT2D eigenvalue weighted by molar-refractivity contribution is 7.66. The summed E-state index contributed by atoms with van der Waals surface area (Å²) < 4.78 is 68.7. The molecule has 1 amide bonds. The Balaban J connectivity index is 0.743. The number of phosphoric acid groups is 3. The van der Waals surface area contributed by atoms with Gasteiger partial charge in [-0.1, -0.05) is 11.8 Å². The van der Waals surface area contributed by atoms with Gasteiger partial charge in [0, 0.05) is 82.7 Å². The number of aliphatic hydroxyl groups is 1. The fraction of sp³-hybridized carbons (Fsp3) is 0.407. The first-order chi connectivity index (χ1) is 40.5. The predicted molar refractivity (Wildman–Crippen MR) is 302 cm³/mol. The molecule has 31 heteroatoms. The van der Waals surface area contributed by atoms with E-state index in [1.54, 1.807) is 12.1 Å². The van der Waals surface area contributed by atoms with Crippen LogP contribution in [0.1, 0.15) is 110 Å².